The molecule has 1 N–H and O–H groups in total. The zero-order chi connectivity index (χ0) is 15.1. The van der Waals surface area contributed by atoms with Gasteiger partial charge < -0.3 is 14.4 Å². The molecule has 2 aromatic heterocycles. The van der Waals surface area contributed by atoms with Gasteiger partial charge in [-0.25, -0.2) is 0 Å². The minimum atomic E-state index is 0.0770. The van der Waals surface area contributed by atoms with Gasteiger partial charge in [0.15, 0.2) is 5.82 Å². The third kappa shape index (κ3) is 2.54. The van der Waals surface area contributed by atoms with Crippen molar-refractivity contribution in [2.24, 2.45) is 0 Å². The van der Waals surface area contributed by atoms with E-state index in [2.05, 4.69) is 44.1 Å². The first-order valence-corrected chi connectivity index (χ1v) is 8.25. The molecule has 0 saturated heterocycles. The number of fused-ring (bicyclic) bond motifs is 1. The van der Waals surface area contributed by atoms with Crippen LogP contribution in [0.15, 0.2) is 4.52 Å². The Kier molecular flexibility index (Phi) is 3.44. The maximum absolute atomic E-state index is 5.41. The van der Waals surface area contributed by atoms with Crippen LogP contribution in [0.2, 0.25) is 0 Å². The molecular formula is C15H22N6O. The van der Waals surface area contributed by atoms with Crippen molar-refractivity contribution in [3.63, 3.8) is 0 Å². The van der Waals surface area contributed by atoms with E-state index >= 15 is 0 Å². The van der Waals surface area contributed by atoms with Gasteiger partial charge in [0.2, 0.25) is 5.89 Å². The van der Waals surface area contributed by atoms with Crippen molar-refractivity contribution in [3.05, 3.63) is 23.4 Å². The van der Waals surface area contributed by atoms with Gasteiger partial charge in [0.1, 0.15) is 11.6 Å². The summed E-state index contributed by atoms with van der Waals surface area (Å²) < 4.78 is 7.66. The van der Waals surface area contributed by atoms with E-state index in [1.165, 1.54) is 12.8 Å². The first-order valence-electron chi connectivity index (χ1n) is 8.25. The maximum Gasteiger partial charge on any atom is 0.243 e. The monoisotopic (exact) mass is 302 g/mol. The van der Waals surface area contributed by atoms with Gasteiger partial charge >= 0.3 is 0 Å². The van der Waals surface area contributed by atoms with Crippen molar-refractivity contribution in [2.45, 2.75) is 70.5 Å². The summed E-state index contributed by atoms with van der Waals surface area (Å²) >= 11 is 0. The number of hydrogen-bond donors (Lipinski definition) is 1. The molecule has 0 radical (unpaired) electrons. The Balaban J connectivity index is 1.42. The summed E-state index contributed by atoms with van der Waals surface area (Å²) in [6.07, 6.45) is 5.34. The summed E-state index contributed by atoms with van der Waals surface area (Å²) in [7, 11) is 0. The summed E-state index contributed by atoms with van der Waals surface area (Å²) in [5, 5.41) is 16.2. The Morgan fingerprint density at radius 3 is 2.95 bits per heavy atom. The fourth-order valence-electron chi connectivity index (χ4n) is 3.14. The molecule has 2 atom stereocenters. The third-order valence-electron chi connectivity index (χ3n) is 4.60. The number of aryl methyl sites for hydroxylation is 2. The van der Waals surface area contributed by atoms with Crippen LogP contribution in [-0.4, -0.2) is 30.9 Å². The largest absolute Gasteiger partial charge is 0.338 e. The predicted octanol–water partition coefficient (Wildman–Crippen LogP) is 1.77. The second-order valence-electron chi connectivity index (χ2n) is 6.39. The maximum atomic E-state index is 5.41. The number of hydrogen-bond acceptors (Lipinski definition) is 6. The Morgan fingerprint density at radius 2 is 2.18 bits per heavy atom. The first kappa shape index (κ1) is 13.9. The Morgan fingerprint density at radius 1 is 1.32 bits per heavy atom. The van der Waals surface area contributed by atoms with Gasteiger partial charge in [0, 0.05) is 31.3 Å². The zero-order valence-electron chi connectivity index (χ0n) is 13.1. The van der Waals surface area contributed by atoms with Crippen LogP contribution < -0.4 is 5.32 Å². The van der Waals surface area contributed by atoms with Crippen LogP contribution in [0.5, 0.6) is 0 Å². The zero-order valence-corrected chi connectivity index (χ0v) is 13.1. The van der Waals surface area contributed by atoms with E-state index in [4.69, 9.17) is 4.52 Å². The molecule has 7 nitrogen and oxygen atoms in total. The number of nitrogens with zero attached hydrogens (tertiary/aromatic N) is 5. The average molecular weight is 302 g/mol. The summed E-state index contributed by atoms with van der Waals surface area (Å²) in [6, 6.07) is 0.466. The van der Waals surface area contributed by atoms with E-state index in [-0.39, 0.29) is 6.04 Å². The quantitative estimate of drug-likeness (QED) is 0.906. The highest BCUT2D eigenvalue weighted by molar-refractivity contribution is 5.05. The van der Waals surface area contributed by atoms with Crippen LogP contribution in [0.25, 0.3) is 0 Å². The SMILES string of the molecule is CCc1nnc2n1C[C@H](N[C@H](C)c1nc(C3CC3)no1)CC2. The van der Waals surface area contributed by atoms with Gasteiger partial charge in [-0.1, -0.05) is 12.1 Å². The molecule has 22 heavy (non-hydrogen) atoms. The highest BCUT2D eigenvalue weighted by Crippen LogP contribution is 2.38. The lowest BCUT2D eigenvalue weighted by Crippen LogP contribution is -2.39. The van der Waals surface area contributed by atoms with Gasteiger partial charge in [0.25, 0.3) is 0 Å². The number of nitrogens with one attached hydrogen (secondary N) is 1. The number of aromatic nitrogens is 5. The lowest BCUT2D eigenvalue weighted by Gasteiger charge is -2.27. The standard InChI is InChI=1S/C15H22N6O/c1-3-12-18-19-13-7-6-11(8-21(12)13)16-9(2)15-17-14(20-22-15)10-4-5-10/h9-11,16H,3-8H2,1-2H3/t9-,11-/m1/s1. The fraction of sp³-hybridized carbons (Fsp3) is 0.733. The van der Waals surface area contributed by atoms with Crippen molar-refractivity contribution in [1.29, 1.82) is 0 Å². The predicted molar refractivity (Wildman–Crippen MR) is 79.3 cm³/mol. The van der Waals surface area contributed by atoms with Gasteiger partial charge in [-0.05, 0) is 26.2 Å². The first-order chi connectivity index (χ1) is 10.7. The van der Waals surface area contributed by atoms with Crippen molar-refractivity contribution in [1.82, 2.24) is 30.2 Å². The Labute approximate surface area is 129 Å². The molecule has 1 fully saturated rings. The van der Waals surface area contributed by atoms with Gasteiger partial charge in [-0.15, -0.1) is 10.2 Å². The lowest BCUT2D eigenvalue weighted by molar-refractivity contribution is 0.292. The molecule has 118 valence electrons. The molecule has 4 rings (SSSR count). The minimum Gasteiger partial charge on any atom is -0.338 e. The van der Waals surface area contributed by atoms with Crippen LogP contribution in [0, 0.1) is 0 Å². The molecule has 1 saturated carbocycles. The minimum absolute atomic E-state index is 0.0770. The van der Waals surface area contributed by atoms with Crippen molar-refractivity contribution in [3.8, 4) is 0 Å². The second-order valence-corrected chi connectivity index (χ2v) is 6.39. The lowest BCUT2D eigenvalue weighted by atomic mass is 10.1. The average Bonchev–Trinajstić information content (AvgIpc) is 3.12. The molecule has 7 heteroatoms. The summed E-state index contributed by atoms with van der Waals surface area (Å²) in [5.74, 6) is 4.29. The normalized spacial score (nSPS) is 22.5. The molecule has 0 spiro atoms. The van der Waals surface area contributed by atoms with Crippen molar-refractivity contribution >= 4 is 0 Å². The van der Waals surface area contributed by atoms with Crippen molar-refractivity contribution in [2.75, 3.05) is 0 Å². The molecule has 0 bridgehead atoms. The smallest absolute Gasteiger partial charge is 0.243 e. The molecular weight excluding hydrogens is 280 g/mol. The van der Waals surface area contributed by atoms with Crippen LogP contribution in [0.1, 0.15) is 68.4 Å². The highest BCUT2D eigenvalue weighted by atomic mass is 16.5. The molecule has 2 aromatic rings. The van der Waals surface area contributed by atoms with E-state index in [0.717, 1.165) is 43.3 Å². The topological polar surface area (TPSA) is 81.7 Å². The molecule has 0 aromatic carbocycles. The van der Waals surface area contributed by atoms with Crippen molar-refractivity contribution < 1.29 is 4.52 Å². The van der Waals surface area contributed by atoms with Crippen LogP contribution >= 0.6 is 0 Å². The third-order valence-corrected chi connectivity index (χ3v) is 4.60. The van der Waals surface area contributed by atoms with Gasteiger partial charge in [0.05, 0.1) is 6.04 Å². The Bertz CT molecular complexity index is 645. The van der Waals surface area contributed by atoms with E-state index in [9.17, 15) is 0 Å². The summed E-state index contributed by atoms with van der Waals surface area (Å²) in [4.78, 5) is 4.53. The summed E-state index contributed by atoms with van der Waals surface area (Å²) in [6.45, 7) is 5.13. The molecule has 1 aliphatic heterocycles. The molecule has 0 amide bonds. The van der Waals surface area contributed by atoms with Crippen LogP contribution in [0.3, 0.4) is 0 Å². The molecule has 3 heterocycles. The Hall–Kier alpha value is -1.76. The molecule has 0 unspecified atom stereocenters. The van der Waals surface area contributed by atoms with Crippen LogP contribution in [-0.2, 0) is 19.4 Å². The second kappa shape index (κ2) is 5.46. The van der Waals surface area contributed by atoms with Gasteiger partial charge in [-0.3, -0.25) is 0 Å². The van der Waals surface area contributed by atoms with Crippen LogP contribution in [0.4, 0.5) is 0 Å². The summed E-state index contributed by atoms with van der Waals surface area (Å²) in [5.41, 5.74) is 0. The molecule has 2 aliphatic rings. The van der Waals surface area contributed by atoms with E-state index in [1.54, 1.807) is 0 Å². The van der Waals surface area contributed by atoms with E-state index < -0.39 is 0 Å². The molecule has 1 aliphatic carbocycles. The number of rotatable bonds is 5. The van der Waals surface area contributed by atoms with Gasteiger partial charge in [-0.2, -0.15) is 4.98 Å². The fourth-order valence-corrected chi connectivity index (χ4v) is 3.14. The van der Waals surface area contributed by atoms with E-state index in [1.807, 2.05) is 0 Å². The van der Waals surface area contributed by atoms with E-state index in [0.29, 0.717) is 17.9 Å². The highest BCUT2D eigenvalue weighted by Gasteiger charge is 2.30.